The average Bonchev–Trinajstić information content (AvgIpc) is 3.52. The van der Waals surface area contributed by atoms with E-state index in [1.807, 2.05) is 30.3 Å². The largest absolute Gasteiger partial charge is 0.494 e. The Labute approximate surface area is 246 Å². The molecule has 9 heteroatoms. The van der Waals surface area contributed by atoms with Crippen molar-refractivity contribution in [2.45, 2.75) is 78.1 Å². The molecule has 0 radical (unpaired) electrons. The molecule has 2 aromatic rings. The fourth-order valence-corrected chi connectivity index (χ4v) is 8.91. The first-order valence-electron chi connectivity index (χ1n) is 15.2. The summed E-state index contributed by atoms with van der Waals surface area (Å²) in [6.45, 7) is 5.90. The van der Waals surface area contributed by atoms with Crippen LogP contribution in [0.3, 0.4) is 0 Å². The van der Waals surface area contributed by atoms with Crippen molar-refractivity contribution in [3.8, 4) is 5.75 Å². The fraction of sp³-hybridized carbons (Fsp3) is 0.576. The summed E-state index contributed by atoms with van der Waals surface area (Å²) in [6.07, 6.45) is 2.68. The number of hydrogen-bond donors (Lipinski definition) is 2. The molecule has 1 unspecified atom stereocenters. The quantitative estimate of drug-likeness (QED) is 0.395. The van der Waals surface area contributed by atoms with E-state index in [1.165, 1.54) is 6.07 Å². The number of carbonyl (C=O) groups is 2. The standard InChI is InChI=1S/C33H40BFO7/c1-19-11-13-33-14-12-23(36)28(33)27(19)25(16-32(3,31(38)20(33)2)15-21-7-5-4-6-8-21)42-26(37)18-40-24-10-9-22-17-41-34(39)29(22)30(24)35/h4-10,19-20,25,27-28,31,38-39H,11-18H2,1-3H3/t19-,20+,25-,27?,28+,31+,32-,33+/m1/s1. The van der Waals surface area contributed by atoms with E-state index in [2.05, 4.69) is 20.8 Å². The maximum atomic E-state index is 15.0. The van der Waals surface area contributed by atoms with Crippen LogP contribution in [0, 0.1) is 40.3 Å². The van der Waals surface area contributed by atoms with E-state index in [0.717, 1.165) is 24.8 Å². The molecule has 1 heterocycles. The van der Waals surface area contributed by atoms with Gasteiger partial charge in [0, 0.05) is 29.1 Å². The Morgan fingerprint density at radius 2 is 1.93 bits per heavy atom. The molecule has 1 aliphatic heterocycles. The highest BCUT2D eigenvalue weighted by Crippen LogP contribution is 2.63. The number of ether oxygens (including phenoxy) is 2. The topological polar surface area (TPSA) is 102 Å². The van der Waals surface area contributed by atoms with Gasteiger partial charge in [-0.2, -0.15) is 0 Å². The number of aliphatic hydroxyl groups excluding tert-OH is 1. The summed E-state index contributed by atoms with van der Waals surface area (Å²) in [5.41, 5.74) is 0.698. The van der Waals surface area contributed by atoms with Crippen LogP contribution < -0.4 is 10.2 Å². The molecule has 224 valence electrons. The maximum Gasteiger partial charge on any atom is 0.494 e. The van der Waals surface area contributed by atoms with Gasteiger partial charge in [-0.25, -0.2) is 9.18 Å². The first kappa shape index (κ1) is 29.3. The molecule has 2 bridgehead atoms. The smallest absolute Gasteiger partial charge is 0.479 e. The zero-order chi connectivity index (χ0) is 29.8. The van der Waals surface area contributed by atoms with E-state index in [9.17, 15) is 19.7 Å². The van der Waals surface area contributed by atoms with Crippen molar-refractivity contribution in [2.75, 3.05) is 6.61 Å². The number of Topliss-reactive ketones (excluding diaryl/α,β-unsaturated/α-hetero) is 1. The van der Waals surface area contributed by atoms with Crippen LogP contribution in [0.4, 0.5) is 4.39 Å². The van der Waals surface area contributed by atoms with E-state index in [0.29, 0.717) is 24.8 Å². The van der Waals surface area contributed by atoms with Crippen molar-refractivity contribution in [3.05, 3.63) is 59.4 Å². The highest BCUT2D eigenvalue weighted by Gasteiger charge is 2.63. The van der Waals surface area contributed by atoms with Gasteiger partial charge in [-0.15, -0.1) is 0 Å². The van der Waals surface area contributed by atoms with Gasteiger partial charge in [-0.05, 0) is 66.5 Å². The second kappa shape index (κ2) is 11.1. The molecule has 6 rings (SSSR count). The molecule has 3 fully saturated rings. The van der Waals surface area contributed by atoms with Crippen LogP contribution in [-0.4, -0.2) is 47.8 Å². The van der Waals surface area contributed by atoms with Crippen LogP contribution in [0.5, 0.6) is 5.75 Å². The molecular formula is C33H40BFO7. The van der Waals surface area contributed by atoms with E-state index < -0.39 is 43.1 Å². The van der Waals surface area contributed by atoms with Gasteiger partial charge in [-0.1, -0.05) is 57.2 Å². The van der Waals surface area contributed by atoms with Gasteiger partial charge >= 0.3 is 13.1 Å². The van der Waals surface area contributed by atoms with Gasteiger partial charge in [0.05, 0.1) is 12.7 Å². The molecule has 42 heavy (non-hydrogen) atoms. The molecule has 0 aromatic heterocycles. The molecule has 8 atom stereocenters. The normalized spacial score (nSPS) is 35.7. The third kappa shape index (κ3) is 4.87. The highest BCUT2D eigenvalue weighted by atomic mass is 19.1. The molecule has 0 spiro atoms. The van der Waals surface area contributed by atoms with E-state index in [-0.39, 0.29) is 52.7 Å². The number of fused-ring (bicyclic) bond motifs is 1. The Morgan fingerprint density at radius 3 is 2.69 bits per heavy atom. The molecule has 7 nitrogen and oxygen atoms in total. The number of halogens is 1. The number of hydrogen-bond acceptors (Lipinski definition) is 7. The zero-order valence-corrected chi connectivity index (χ0v) is 24.6. The fourth-order valence-electron chi connectivity index (χ4n) is 8.91. The Morgan fingerprint density at radius 1 is 1.17 bits per heavy atom. The minimum Gasteiger partial charge on any atom is -0.479 e. The van der Waals surface area contributed by atoms with Crippen molar-refractivity contribution in [2.24, 2.45) is 34.5 Å². The first-order chi connectivity index (χ1) is 20.0. The molecule has 2 aromatic carbocycles. The number of rotatable bonds is 6. The van der Waals surface area contributed by atoms with Crippen LogP contribution in [-0.2, 0) is 32.0 Å². The van der Waals surface area contributed by atoms with Gasteiger partial charge in [0.15, 0.2) is 18.2 Å². The second-order valence-electron chi connectivity index (χ2n) is 13.5. The molecule has 3 aliphatic carbocycles. The predicted molar refractivity (Wildman–Crippen MR) is 154 cm³/mol. The lowest BCUT2D eigenvalue weighted by atomic mass is 9.48. The summed E-state index contributed by atoms with van der Waals surface area (Å²) in [6, 6.07) is 13.1. The molecule has 2 N–H and O–H groups in total. The zero-order valence-electron chi connectivity index (χ0n) is 24.6. The lowest BCUT2D eigenvalue weighted by molar-refractivity contribution is -0.186. The lowest BCUT2D eigenvalue weighted by Gasteiger charge is -2.57. The van der Waals surface area contributed by atoms with Gasteiger partial charge in [-0.3, -0.25) is 4.79 Å². The lowest BCUT2D eigenvalue weighted by Crippen LogP contribution is -2.59. The van der Waals surface area contributed by atoms with Crippen LogP contribution in [0.15, 0.2) is 42.5 Å². The number of esters is 1. The van der Waals surface area contributed by atoms with Crippen LogP contribution >= 0.6 is 0 Å². The minimum absolute atomic E-state index is 0.0211. The van der Waals surface area contributed by atoms with Crippen molar-refractivity contribution in [1.29, 1.82) is 0 Å². The Kier molecular flexibility index (Phi) is 7.73. The Bertz CT molecular complexity index is 1350. The van der Waals surface area contributed by atoms with Crippen molar-refractivity contribution in [3.63, 3.8) is 0 Å². The minimum atomic E-state index is -1.38. The summed E-state index contributed by atoms with van der Waals surface area (Å²) in [5, 5.41) is 22.0. The molecule has 3 saturated carbocycles. The number of aliphatic hydroxyl groups is 1. The molecular weight excluding hydrogens is 538 g/mol. The number of carbonyl (C=O) groups excluding carboxylic acids is 2. The Balaban J connectivity index is 1.30. The van der Waals surface area contributed by atoms with Gasteiger partial charge < -0.3 is 24.3 Å². The van der Waals surface area contributed by atoms with Crippen LogP contribution in [0.1, 0.15) is 64.0 Å². The first-order valence-corrected chi connectivity index (χ1v) is 15.2. The summed E-state index contributed by atoms with van der Waals surface area (Å²) >= 11 is 0. The second-order valence-corrected chi connectivity index (χ2v) is 13.5. The van der Waals surface area contributed by atoms with Gasteiger partial charge in [0.25, 0.3) is 0 Å². The summed E-state index contributed by atoms with van der Waals surface area (Å²) in [7, 11) is -1.38. The summed E-state index contributed by atoms with van der Waals surface area (Å²) in [5.74, 6) is -1.75. The van der Waals surface area contributed by atoms with Crippen LogP contribution in [0.25, 0.3) is 0 Å². The average molecular weight is 578 g/mol. The summed E-state index contributed by atoms with van der Waals surface area (Å²) in [4.78, 5) is 26.9. The molecule has 0 saturated heterocycles. The SMILES string of the molecule is C[C@@H]1CC[C@@]23CCC(=O)[C@H]2C1[C@H](OC(=O)COc1ccc2c(c1F)B(O)OC2)C[C@@](C)(Cc1ccccc1)[C@@H](O)[C@@H]3C. The highest BCUT2D eigenvalue weighted by molar-refractivity contribution is 6.61. The van der Waals surface area contributed by atoms with Crippen molar-refractivity contribution < 1.29 is 38.2 Å². The number of benzene rings is 2. The maximum absolute atomic E-state index is 15.0. The van der Waals surface area contributed by atoms with E-state index in [4.69, 9.17) is 14.1 Å². The van der Waals surface area contributed by atoms with Crippen molar-refractivity contribution in [1.82, 2.24) is 0 Å². The van der Waals surface area contributed by atoms with Gasteiger partial charge in [0.1, 0.15) is 11.9 Å². The number of ketones is 1. The van der Waals surface area contributed by atoms with E-state index >= 15 is 4.39 Å². The van der Waals surface area contributed by atoms with E-state index in [1.54, 1.807) is 6.07 Å². The third-order valence-corrected chi connectivity index (χ3v) is 11.1. The van der Waals surface area contributed by atoms with Crippen molar-refractivity contribution >= 4 is 24.3 Å². The predicted octanol–water partition coefficient (Wildman–Crippen LogP) is 4.00. The van der Waals surface area contributed by atoms with Crippen LogP contribution in [0.2, 0.25) is 0 Å². The Hall–Kier alpha value is -2.75. The molecule has 4 aliphatic rings. The summed E-state index contributed by atoms with van der Waals surface area (Å²) < 4.78 is 31.9. The van der Waals surface area contributed by atoms with Gasteiger partial charge in [0.2, 0.25) is 0 Å². The molecule has 0 amide bonds. The third-order valence-electron chi connectivity index (χ3n) is 11.1. The monoisotopic (exact) mass is 578 g/mol.